The highest BCUT2D eigenvalue weighted by Gasteiger charge is 2.19. The molecule has 1 heterocycles. The zero-order chi connectivity index (χ0) is 20.6. The first-order valence-corrected chi connectivity index (χ1v) is 10.4. The van der Waals surface area contributed by atoms with Gasteiger partial charge in [0.1, 0.15) is 0 Å². The Kier molecular flexibility index (Phi) is 9.62. The standard InChI is InChI=1S/C24H32N4O.HI/c1-19-9-4-5-11-21(19)17-27(3)24(25-2)26-15-8-13-23(29)28-16-14-20-10-6-7-12-22(20)18-28;/h4-7,9-12H,8,13-18H2,1-3H3,(H,25,26);1H. The van der Waals surface area contributed by atoms with Crippen molar-refractivity contribution in [1.82, 2.24) is 15.1 Å². The van der Waals surface area contributed by atoms with Gasteiger partial charge in [0.15, 0.2) is 5.96 Å². The maximum atomic E-state index is 12.6. The maximum absolute atomic E-state index is 12.6. The number of fused-ring (bicyclic) bond motifs is 1. The molecule has 0 radical (unpaired) electrons. The second-order valence-electron chi connectivity index (χ2n) is 7.69. The molecule has 0 aliphatic carbocycles. The molecule has 162 valence electrons. The third-order valence-corrected chi connectivity index (χ3v) is 5.58. The van der Waals surface area contributed by atoms with Gasteiger partial charge in [-0.1, -0.05) is 48.5 Å². The quantitative estimate of drug-likeness (QED) is 0.271. The molecule has 1 amide bonds. The molecule has 1 aliphatic rings. The first kappa shape index (κ1) is 24.2. The Labute approximate surface area is 197 Å². The van der Waals surface area contributed by atoms with Crippen LogP contribution in [0.2, 0.25) is 0 Å². The lowest BCUT2D eigenvalue weighted by Crippen LogP contribution is -2.40. The van der Waals surface area contributed by atoms with Crippen LogP contribution in [0.1, 0.15) is 35.1 Å². The molecule has 0 saturated heterocycles. The van der Waals surface area contributed by atoms with Crippen molar-refractivity contribution in [3.63, 3.8) is 0 Å². The van der Waals surface area contributed by atoms with Gasteiger partial charge in [-0.2, -0.15) is 0 Å². The maximum Gasteiger partial charge on any atom is 0.222 e. The highest BCUT2D eigenvalue weighted by Crippen LogP contribution is 2.19. The normalized spacial score (nSPS) is 13.3. The van der Waals surface area contributed by atoms with E-state index in [1.807, 2.05) is 11.9 Å². The van der Waals surface area contributed by atoms with Crippen molar-refractivity contribution in [2.45, 2.75) is 39.3 Å². The topological polar surface area (TPSA) is 47.9 Å². The number of carbonyl (C=O) groups is 1. The summed E-state index contributed by atoms with van der Waals surface area (Å²) in [7, 11) is 3.84. The Morgan fingerprint density at radius 3 is 2.57 bits per heavy atom. The molecule has 3 rings (SSSR count). The van der Waals surface area contributed by atoms with Crippen LogP contribution in [0.5, 0.6) is 0 Å². The molecule has 0 spiro atoms. The van der Waals surface area contributed by atoms with Gasteiger partial charge in [-0.3, -0.25) is 9.79 Å². The number of aryl methyl sites for hydroxylation is 1. The van der Waals surface area contributed by atoms with Crippen molar-refractivity contribution in [1.29, 1.82) is 0 Å². The summed E-state index contributed by atoms with van der Waals surface area (Å²) in [4.78, 5) is 21.1. The van der Waals surface area contributed by atoms with E-state index in [4.69, 9.17) is 0 Å². The van der Waals surface area contributed by atoms with Gasteiger partial charge in [0.05, 0.1) is 0 Å². The summed E-state index contributed by atoms with van der Waals surface area (Å²) in [6, 6.07) is 16.8. The van der Waals surface area contributed by atoms with Gasteiger partial charge in [0.2, 0.25) is 5.91 Å². The summed E-state index contributed by atoms with van der Waals surface area (Å²) in [5, 5.41) is 3.39. The summed E-state index contributed by atoms with van der Waals surface area (Å²) in [6.45, 7) is 5.23. The van der Waals surface area contributed by atoms with Crippen LogP contribution >= 0.6 is 24.0 Å². The predicted octanol–water partition coefficient (Wildman–Crippen LogP) is 3.99. The van der Waals surface area contributed by atoms with Crippen molar-refractivity contribution < 1.29 is 4.79 Å². The van der Waals surface area contributed by atoms with E-state index >= 15 is 0 Å². The molecule has 0 saturated carbocycles. The largest absolute Gasteiger partial charge is 0.356 e. The van der Waals surface area contributed by atoms with E-state index in [1.165, 1.54) is 22.3 Å². The molecule has 0 atom stereocenters. The van der Waals surface area contributed by atoms with Crippen molar-refractivity contribution in [3.8, 4) is 0 Å². The van der Waals surface area contributed by atoms with Crippen LogP contribution in [0.15, 0.2) is 53.5 Å². The van der Waals surface area contributed by atoms with Crippen LogP contribution in [-0.4, -0.2) is 48.9 Å². The van der Waals surface area contributed by atoms with Gasteiger partial charge in [0.25, 0.3) is 0 Å². The summed E-state index contributed by atoms with van der Waals surface area (Å²) < 4.78 is 0. The van der Waals surface area contributed by atoms with Gasteiger partial charge in [-0.15, -0.1) is 24.0 Å². The molecule has 0 fully saturated rings. The third kappa shape index (κ3) is 6.45. The average Bonchev–Trinajstić information content (AvgIpc) is 2.74. The first-order valence-electron chi connectivity index (χ1n) is 10.4. The van der Waals surface area contributed by atoms with Crippen LogP contribution in [-0.2, 0) is 24.3 Å². The number of carbonyl (C=O) groups excluding carboxylic acids is 1. The minimum atomic E-state index is 0. The fraction of sp³-hybridized carbons (Fsp3) is 0.417. The Balaban J connectivity index is 0.00000320. The van der Waals surface area contributed by atoms with Crippen LogP contribution < -0.4 is 5.32 Å². The SMILES string of the molecule is CN=C(NCCCC(=O)N1CCc2ccccc2C1)N(C)Cc1ccccc1C.I. The van der Waals surface area contributed by atoms with Gasteiger partial charge >= 0.3 is 0 Å². The Morgan fingerprint density at radius 2 is 1.83 bits per heavy atom. The second kappa shape index (κ2) is 11.9. The average molecular weight is 520 g/mol. The summed E-state index contributed by atoms with van der Waals surface area (Å²) in [5.74, 6) is 1.09. The zero-order valence-electron chi connectivity index (χ0n) is 18.2. The summed E-state index contributed by atoms with van der Waals surface area (Å²) in [6.07, 6.45) is 2.32. The monoisotopic (exact) mass is 520 g/mol. The van der Waals surface area contributed by atoms with Crippen LogP contribution in [0.3, 0.4) is 0 Å². The molecule has 30 heavy (non-hydrogen) atoms. The van der Waals surface area contributed by atoms with Gasteiger partial charge < -0.3 is 15.1 Å². The molecular weight excluding hydrogens is 487 g/mol. The second-order valence-corrected chi connectivity index (χ2v) is 7.69. The lowest BCUT2D eigenvalue weighted by molar-refractivity contribution is -0.132. The minimum absolute atomic E-state index is 0. The predicted molar refractivity (Wildman–Crippen MR) is 134 cm³/mol. The third-order valence-electron chi connectivity index (χ3n) is 5.58. The summed E-state index contributed by atoms with van der Waals surface area (Å²) in [5.41, 5.74) is 5.23. The molecular formula is C24H33IN4O. The molecule has 1 aliphatic heterocycles. The molecule has 0 aromatic heterocycles. The van der Waals surface area contributed by atoms with Crippen molar-refractivity contribution >= 4 is 35.8 Å². The highest BCUT2D eigenvalue weighted by molar-refractivity contribution is 14.0. The number of nitrogens with zero attached hydrogens (tertiary/aromatic N) is 3. The lowest BCUT2D eigenvalue weighted by Gasteiger charge is -2.29. The lowest BCUT2D eigenvalue weighted by atomic mass is 9.99. The molecule has 5 nitrogen and oxygen atoms in total. The highest BCUT2D eigenvalue weighted by atomic mass is 127. The summed E-state index contributed by atoms with van der Waals surface area (Å²) >= 11 is 0. The van der Waals surface area contributed by atoms with E-state index in [2.05, 4.69) is 70.7 Å². The van der Waals surface area contributed by atoms with Crippen LogP contribution in [0, 0.1) is 6.92 Å². The van der Waals surface area contributed by atoms with E-state index in [0.29, 0.717) is 6.42 Å². The first-order chi connectivity index (χ1) is 14.1. The number of aliphatic imine (C=N–C) groups is 1. The number of amides is 1. The van der Waals surface area contributed by atoms with Gasteiger partial charge in [0, 0.05) is 46.7 Å². The van der Waals surface area contributed by atoms with Gasteiger partial charge in [-0.05, 0) is 42.0 Å². The molecule has 6 heteroatoms. The van der Waals surface area contributed by atoms with E-state index in [9.17, 15) is 4.79 Å². The molecule has 0 bridgehead atoms. The Bertz CT molecular complexity index is 868. The van der Waals surface area contributed by atoms with Crippen molar-refractivity contribution in [2.24, 2.45) is 4.99 Å². The fourth-order valence-corrected chi connectivity index (χ4v) is 3.81. The zero-order valence-corrected chi connectivity index (χ0v) is 20.6. The van der Waals surface area contributed by atoms with E-state index in [1.54, 1.807) is 7.05 Å². The van der Waals surface area contributed by atoms with Crippen molar-refractivity contribution in [2.75, 3.05) is 27.2 Å². The molecule has 1 N–H and O–H groups in total. The number of nitrogens with one attached hydrogen (secondary N) is 1. The molecule has 2 aromatic rings. The van der Waals surface area contributed by atoms with Crippen LogP contribution in [0.25, 0.3) is 0 Å². The van der Waals surface area contributed by atoms with E-state index in [0.717, 1.165) is 45.0 Å². The molecule has 2 aromatic carbocycles. The smallest absolute Gasteiger partial charge is 0.222 e. The number of rotatable bonds is 6. The van der Waals surface area contributed by atoms with E-state index in [-0.39, 0.29) is 29.9 Å². The number of halogens is 1. The Morgan fingerprint density at radius 1 is 1.13 bits per heavy atom. The van der Waals surface area contributed by atoms with Crippen LogP contribution in [0.4, 0.5) is 0 Å². The minimum Gasteiger partial charge on any atom is -0.356 e. The van der Waals surface area contributed by atoms with Gasteiger partial charge in [-0.25, -0.2) is 0 Å². The number of benzene rings is 2. The fourth-order valence-electron chi connectivity index (χ4n) is 3.81. The Hall–Kier alpha value is -2.09. The number of hydrogen-bond acceptors (Lipinski definition) is 2. The number of guanidine groups is 1. The molecule has 0 unspecified atom stereocenters. The number of hydrogen-bond donors (Lipinski definition) is 1. The van der Waals surface area contributed by atoms with E-state index < -0.39 is 0 Å². The van der Waals surface area contributed by atoms with Crippen molar-refractivity contribution in [3.05, 3.63) is 70.8 Å².